The Bertz CT molecular complexity index is 847. The van der Waals surface area contributed by atoms with Crippen molar-refractivity contribution in [2.45, 2.75) is 6.10 Å². The van der Waals surface area contributed by atoms with Crippen molar-refractivity contribution < 1.29 is 14.3 Å². The van der Waals surface area contributed by atoms with E-state index in [1.165, 1.54) is 18.2 Å². The van der Waals surface area contributed by atoms with Crippen molar-refractivity contribution >= 4 is 16.7 Å². The van der Waals surface area contributed by atoms with Crippen LogP contribution >= 0.6 is 0 Å². The standard InChI is InChI=1S/C19H16FNO2/c20-17-7-3-6-16(11-17)19(23)21-12-18(22)15-9-8-13-4-1-2-5-14(13)10-15/h1-11,18,22H,12H2,(H,21,23). The average molecular weight is 309 g/mol. The molecule has 0 radical (unpaired) electrons. The first kappa shape index (κ1) is 15.2. The highest BCUT2D eigenvalue weighted by molar-refractivity contribution is 5.94. The van der Waals surface area contributed by atoms with Crippen molar-refractivity contribution in [3.63, 3.8) is 0 Å². The number of hydrogen-bond acceptors (Lipinski definition) is 2. The smallest absolute Gasteiger partial charge is 0.251 e. The van der Waals surface area contributed by atoms with Gasteiger partial charge in [-0.1, -0.05) is 42.5 Å². The molecule has 1 amide bonds. The summed E-state index contributed by atoms with van der Waals surface area (Å²) >= 11 is 0. The lowest BCUT2D eigenvalue weighted by atomic mass is 10.0. The Balaban J connectivity index is 1.68. The Morgan fingerprint density at radius 2 is 1.78 bits per heavy atom. The van der Waals surface area contributed by atoms with Gasteiger partial charge in [-0.05, 0) is 40.6 Å². The van der Waals surface area contributed by atoms with Crippen LogP contribution in [0, 0.1) is 5.82 Å². The van der Waals surface area contributed by atoms with E-state index in [0.717, 1.165) is 22.4 Å². The number of hydrogen-bond donors (Lipinski definition) is 2. The summed E-state index contributed by atoms with van der Waals surface area (Å²) in [6, 6.07) is 19.0. The summed E-state index contributed by atoms with van der Waals surface area (Å²) in [7, 11) is 0. The number of carbonyl (C=O) groups is 1. The lowest BCUT2D eigenvalue weighted by Gasteiger charge is -2.13. The van der Waals surface area contributed by atoms with Gasteiger partial charge in [0.2, 0.25) is 0 Å². The summed E-state index contributed by atoms with van der Waals surface area (Å²) in [5.74, 6) is -0.878. The zero-order valence-corrected chi connectivity index (χ0v) is 12.4. The zero-order valence-electron chi connectivity index (χ0n) is 12.4. The number of amides is 1. The molecule has 3 aromatic rings. The average Bonchev–Trinajstić information content (AvgIpc) is 2.59. The molecule has 1 unspecified atom stereocenters. The monoisotopic (exact) mass is 309 g/mol. The summed E-state index contributed by atoms with van der Waals surface area (Å²) < 4.78 is 13.1. The Kier molecular flexibility index (Phi) is 4.35. The quantitative estimate of drug-likeness (QED) is 0.775. The molecule has 0 heterocycles. The van der Waals surface area contributed by atoms with Gasteiger partial charge < -0.3 is 10.4 Å². The molecule has 0 aliphatic carbocycles. The third kappa shape index (κ3) is 3.55. The van der Waals surface area contributed by atoms with Crippen molar-refractivity contribution in [3.05, 3.63) is 83.7 Å². The molecule has 0 spiro atoms. The maximum atomic E-state index is 13.1. The molecule has 2 N–H and O–H groups in total. The van der Waals surface area contributed by atoms with Crippen molar-refractivity contribution in [1.29, 1.82) is 0 Å². The minimum absolute atomic E-state index is 0.0632. The van der Waals surface area contributed by atoms with Gasteiger partial charge in [0.25, 0.3) is 5.91 Å². The van der Waals surface area contributed by atoms with Crippen LogP contribution in [0.4, 0.5) is 4.39 Å². The molecular formula is C19H16FNO2. The van der Waals surface area contributed by atoms with Crippen molar-refractivity contribution in [3.8, 4) is 0 Å². The molecule has 0 aromatic heterocycles. The van der Waals surface area contributed by atoms with Crippen LogP contribution in [0.1, 0.15) is 22.0 Å². The summed E-state index contributed by atoms with van der Waals surface area (Å²) in [4.78, 5) is 12.0. The molecule has 0 saturated carbocycles. The molecule has 0 aliphatic heterocycles. The number of halogens is 1. The second-order valence-electron chi connectivity index (χ2n) is 5.34. The molecule has 0 aliphatic rings. The van der Waals surface area contributed by atoms with E-state index in [1.54, 1.807) is 0 Å². The summed E-state index contributed by atoms with van der Waals surface area (Å²) in [6.07, 6.45) is -0.822. The van der Waals surface area contributed by atoms with Crippen molar-refractivity contribution in [1.82, 2.24) is 5.32 Å². The number of carbonyl (C=O) groups excluding carboxylic acids is 1. The number of aliphatic hydroxyl groups excluding tert-OH is 1. The summed E-state index contributed by atoms with van der Waals surface area (Å²) in [5.41, 5.74) is 0.957. The fourth-order valence-electron chi connectivity index (χ4n) is 2.45. The lowest BCUT2D eigenvalue weighted by Crippen LogP contribution is -2.28. The summed E-state index contributed by atoms with van der Waals surface area (Å²) in [6.45, 7) is 0.0632. The van der Waals surface area contributed by atoms with Gasteiger partial charge in [-0.3, -0.25) is 4.79 Å². The van der Waals surface area contributed by atoms with Gasteiger partial charge in [-0.2, -0.15) is 0 Å². The van der Waals surface area contributed by atoms with Crippen molar-refractivity contribution in [2.24, 2.45) is 0 Å². The Morgan fingerprint density at radius 1 is 1.00 bits per heavy atom. The third-order valence-corrected chi connectivity index (χ3v) is 3.70. The zero-order chi connectivity index (χ0) is 16.2. The van der Waals surface area contributed by atoms with Crippen LogP contribution in [-0.4, -0.2) is 17.6 Å². The van der Waals surface area contributed by atoms with Crippen LogP contribution in [-0.2, 0) is 0 Å². The van der Waals surface area contributed by atoms with Gasteiger partial charge >= 0.3 is 0 Å². The molecule has 3 aromatic carbocycles. The van der Waals surface area contributed by atoms with Crippen LogP contribution in [0.2, 0.25) is 0 Å². The molecule has 0 saturated heterocycles. The highest BCUT2D eigenvalue weighted by atomic mass is 19.1. The van der Waals surface area contributed by atoms with Crippen LogP contribution in [0.15, 0.2) is 66.7 Å². The third-order valence-electron chi connectivity index (χ3n) is 3.70. The number of aliphatic hydroxyl groups is 1. The predicted octanol–water partition coefficient (Wildman–Crippen LogP) is 3.44. The molecule has 1 atom stereocenters. The minimum atomic E-state index is -0.822. The molecule has 0 bridgehead atoms. The molecule has 0 fully saturated rings. The minimum Gasteiger partial charge on any atom is -0.387 e. The maximum absolute atomic E-state index is 13.1. The first-order valence-corrected chi connectivity index (χ1v) is 7.34. The highest BCUT2D eigenvalue weighted by Gasteiger charge is 2.11. The van der Waals surface area contributed by atoms with E-state index in [-0.39, 0.29) is 12.1 Å². The van der Waals surface area contributed by atoms with E-state index in [4.69, 9.17) is 0 Å². The van der Waals surface area contributed by atoms with E-state index in [0.29, 0.717) is 0 Å². The Hall–Kier alpha value is -2.72. The van der Waals surface area contributed by atoms with Crippen LogP contribution in [0.5, 0.6) is 0 Å². The lowest BCUT2D eigenvalue weighted by molar-refractivity contribution is 0.0916. The van der Waals surface area contributed by atoms with Gasteiger partial charge in [0, 0.05) is 12.1 Å². The molecular weight excluding hydrogens is 293 g/mol. The van der Waals surface area contributed by atoms with Crippen LogP contribution < -0.4 is 5.32 Å². The predicted molar refractivity (Wildman–Crippen MR) is 87.6 cm³/mol. The van der Waals surface area contributed by atoms with E-state index in [1.807, 2.05) is 42.5 Å². The number of nitrogens with one attached hydrogen (secondary N) is 1. The summed E-state index contributed by atoms with van der Waals surface area (Å²) in [5, 5.41) is 15.0. The van der Waals surface area contributed by atoms with E-state index in [2.05, 4.69) is 5.32 Å². The van der Waals surface area contributed by atoms with Crippen LogP contribution in [0.25, 0.3) is 10.8 Å². The maximum Gasteiger partial charge on any atom is 0.251 e. The normalized spacial score (nSPS) is 12.1. The number of fused-ring (bicyclic) bond motifs is 1. The van der Waals surface area contributed by atoms with Gasteiger partial charge in [0.15, 0.2) is 0 Å². The van der Waals surface area contributed by atoms with Gasteiger partial charge in [-0.15, -0.1) is 0 Å². The van der Waals surface area contributed by atoms with Crippen LogP contribution in [0.3, 0.4) is 0 Å². The molecule has 23 heavy (non-hydrogen) atoms. The second-order valence-corrected chi connectivity index (χ2v) is 5.34. The van der Waals surface area contributed by atoms with Gasteiger partial charge in [0.1, 0.15) is 5.82 Å². The first-order valence-electron chi connectivity index (χ1n) is 7.34. The SMILES string of the molecule is O=C(NCC(O)c1ccc2ccccc2c1)c1cccc(F)c1. The van der Waals surface area contributed by atoms with E-state index >= 15 is 0 Å². The van der Waals surface area contributed by atoms with Gasteiger partial charge in [-0.25, -0.2) is 4.39 Å². The second kappa shape index (κ2) is 6.58. The molecule has 3 rings (SSSR count). The number of rotatable bonds is 4. The highest BCUT2D eigenvalue weighted by Crippen LogP contribution is 2.20. The first-order chi connectivity index (χ1) is 11.1. The molecule has 3 nitrogen and oxygen atoms in total. The van der Waals surface area contributed by atoms with E-state index in [9.17, 15) is 14.3 Å². The number of benzene rings is 3. The fraction of sp³-hybridized carbons (Fsp3) is 0.105. The van der Waals surface area contributed by atoms with Gasteiger partial charge in [0.05, 0.1) is 6.10 Å². The largest absolute Gasteiger partial charge is 0.387 e. The topological polar surface area (TPSA) is 49.3 Å². The van der Waals surface area contributed by atoms with E-state index < -0.39 is 17.8 Å². The molecule has 4 heteroatoms. The fourth-order valence-corrected chi connectivity index (χ4v) is 2.45. The molecule has 116 valence electrons. The Morgan fingerprint density at radius 3 is 2.57 bits per heavy atom. The van der Waals surface area contributed by atoms with Crippen molar-refractivity contribution in [2.75, 3.05) is 6.54 Å². The Labute approximate surface area is 133 Å².